The number of thioether (sulfide) groups is 1. The normalized spacial score (nSPS) is 10.2. The maximum atomic E-state index is 12.1. The number of rotatable bonds is 7. The van der Waals surface area contributed by atoms with E-state index in [1.165, 1.54) is 0 Å². The van der Waals surface area contributed by atoms with E-state index >= 15 is 0 Å². The van der Waals surface area contributed by atoms with Crippen LogP contribution < -0.4 is 14.8 Å². The molecule has 0 unspecified atom stereocenters. The molecule has 0 radical (unpaired) electrons. The standard InChI is InChI=1S/C19H16N4O4S/c1-25-15-8-5-13(9-16(15)26-2)18-22-23-19(27-18)28-11-17(24)21-14-6-3-12(10-20)4-7-14/h3-9H,11H2,1-2H3,(H,21,24). The predicted octanol–water partition coefficient (Wildman–Crippen LogP) is 3.36. The molecule has 8 nitrogen and oxygen atoms in total. The Morgan fingerprint density at radius 3 is 2.57 bits per heavy atom. The zero-order valence-electron chi connectivity index (χ0n) is 15.1. The smallest absolute Gasteiger partial charge is 0.277 e. The molecule has 9 heteroatoms. The summed E-state index contributed by atoms with van der Waals surface area (Å²) in [6.45, 7) is 0. The third kappa shape index (κ3) is 4.61. The molecule has 2 aromatic carbocycles. The molecule has 142 valence electrons. The van der Waals surface area contributed by atoms with Crippen molar-refractivity contribution in [3.05, 3.63) is 48.0 Å². The van der Waals surface area contributed by atoms with Crippen molar-refractivity contribution in [1.29, 1.82) is 5.26 Å². The van der Waals surface area contributed by atoms with Crippen molar-refractivity contribution in [3.8, 4) is 29.0 Å². The minimum atomic E-state index is -0.222. The van der Waals surface area contributed by atoms with Crippen molar-refractivity contribution >= 4 is 23.4 Å². The summed E-state index contributed by atoms with van der Waals surface area (Å²) >= 11 is 1.13. The molecule has 3 rings (SSSR count). The van der Waals surface area contributed by atoms with E-state index in [0.29, 0.717) is 34.2 Å². The molecule has 0 saturated carbocycles. The SMILES string of the molecule is COc1ccc(-c2nnc(SCC(=O)Nc3ccc(C#N)cc3)o2)cc1OC. The van der Waals surface area contributed by atoms with Gasteiger partial charge in [-0.3, -0.25) is 4.79 Å². The highest BCUT2D eigenvalue weighted by molar-refractivity contribution is 7.99. The topological polar surface area (TPSA) is 110 Å². The Balaban J connectivity index is 1.60. The highest BCUT2D eigenvalue weighted by atomic mass is 32.2. The summed E-state index contributed by atoms with van der Waals surface area (Å²) in [7, 11) is 3.10. The number of benzene rings is 2. The van der Waals surface area contributed by atoms with Gasteiger partial charge in [0.25, 0.3) is 5.22 Å². The monoisotopic (exact) mass is 396 g/mol. The molecule has 1 heterocycles. The van der Waals surface area contributed by atoms with Crippen LogP contribution in [-0.4, -0.2) is 36.1 Å². The number of hydrogen-bond acceptors (Lipinski definition) is 8. The van der Waals surface area contributed by atoms with Gasteiger partial charge in [-0.25, -0.2) is 0 Å². The molecule has 0 bridgehead atoms. The van der Waals surface area contributed by atoms with Crippen LogP contribution in [0.15, 0.2) is 52.1 Å². The van der Waals surface area contributed by atoms with Crippen LogP contribution in [0.4, 0.5) is 5.69 Å². The minimum absolute atomic E-state index is 0.105. The van der Waals surface area contributed by atoms with E-state index in [1.54, 1.807) is 56.7 Å². The second-order valence-corrected chi connectivity index (χ2v) is 6.40. The van der Waals surface area contributed by atoms with E-state index in [4.69, 9.17) is 19.2 Å². The summed E-state index contributed by atoms with van der Waals surface area (Å²) in [5, 5.41) is 19.8. The van der Waals surface area contributed by atoms with Crippen molar-refractivity contribution < 1.29 is 18.7 Å². The van der Waals surface area contributed by atoms with E-state index in [9.17, 15) is 4.79 Å². The Morgan fingerprint density at radius 2 is 1.89 bits per heavy atom. The van der Waals surface area contributed by atoms with Crippen molar-refractivity contribution in [2.45, 2.75) is 5.22 Å². The van der Waals surface area contributed by atoms with E-state index < -0.39 is 0 Å². The lowest BCUT2D eigenvalue weighted by Gasteiger charge is -2.07. The highest BCUT2D eigenvalue weighted by Crippen LogP contribution is 2.32. The largest absolute Gasteiger partial charge is 0.493 e. The Bertz CT molecular complexity index is 1010. The fourth-order valence-corrected chi connectivity index (χ4v) is 2.87. The van der Waals surface area contributed by atoms with Gasteiger partial charge in [0.2, 0.25) is 11.8 Å². The maximum absolute atomic E-state index is 12.1. The van der Waals surface area contributed by atoms with Gasteiger partial charge in [0.15, 0.2) is 11.5 Å². The molecule has 0 saturated heterocycles. The Morgan fingerprint density at radius 1 is 1.14 bits per heavy atom. The summed E-state index contributed by atoms with van der Waals surface area (Å²) < 4.78 is 16.1. The van der Waals surface area contributed by atoms with Crippen LogP contribution in [0.5, 0.6) is 11.5 Å². The summed E-state index contributed by atoms with van der Waals surface area (Å²) in [4.78, 5) is 12.1. The number of aromatic nitrogens is 2. The van der Waals surface area contributed by atoms with Gasteiger partial charge in [-0.1, -0.05) is 11.8 Å². The van der Waals surface area contributed by atoms with Crippen molar-refractivity contribution in [2.24, 2.45) is 0 Å². The fourth-order valence-electron chi connectivity index (χ4n) is 2.31. The number of methoxy groups -OCH3 is 2. The molecule has 0 atom stereocenters. The number of anilines is 1. The number of nitrogens with one attached hydrogen (secondary N) is 1. The maximum Gasteiger partial charge on any atom is 0.277 e. The van der Waals surface area contributed by atoms with Crippen LogP contribution in [-0.2, 0) is 4.79 Å². The average Bonchev–Trinajstić information content (AvgIpc) is 3.21. The van der Waals surface area contributed by atoms with E-state index in [0.717, 1.165) is 11.8 Å². The zero-order valence-corrected chi connectivity index (χ0v) is 15.9. The summed E-state index contributed by atoms with van der Waals surface area (Å²) in [6.07, 6.45) is 0. The number of hydrogen-bond donors (Lipinski definition) is 1. The first-order chi connectivity index (χ1) is 13.6. The molecular formula is C19H16N4O4S. The summed E-state index contributed by atoms with van der Waals surface area (Å²) in [5.74, 6) is 1.35. The molecule has 0 spiro atoms. The van der Waals surface area contributed by atoms with Crippen LogP contribution in [0.2, 0.25) is 0 Å². The first-order valence-corrected chi connectivity index (χ1v) is 9.10. The van der Waals surface area contributed by atoms with Gasteiger partial charge < -0.3 is 19.2 Å². The van der Waals surface area contributed by atoms with Crippen LogP contribution in [0.25, 0.3) is 11.5 Å². The van der Waals surface area contributed by atoms with Gasteiger partial charge in [-0.2, -0.15) is 5.26 Å². The molecule has 0 aliphatic rings. The van der Waals surface area contributed by atoms with Crippen LogP contribution in [0.1, 0.15) is 5.56 Å². The minimum Gasteiger partial charge on any atom is -0.493 e. The number of nitrogens with zero attached hydrogens (tertiary/aromatic N) is 3. The molecule has 1 amide bonds. The van der Waals surface area contributed by atoms with Gasteiger partial charge in [0, 0.05) is 11.3 Å². The second kappa shape index (κ2) is 8.92. The van der Waals surface area contributed by atoms with Crippen LogP contribution in [0.3, 0.4) is 0 Å². The van der Waals surface area contributed by atoms with Crippen molar-refractivity contribution in [2.75, 3.05) is 25.3 Å². The molecule has 1 aromatic heterocycles. The van der Waals surface area contributed by atoms with Gasteiger partial charge in [0.05, 0.1) is 31.6 Å². The van der Waals surface area contributed by atoms with Gasteiger partial charge in [-0.15, -0.1) is 10.2 Å². The number of nitriles is 1. The van der Waals surface area contributed by atoms with Gasteiger partial charge in [-0.05, 0) is 42.5 Å². The molecule has 0 aliphatic carbocycles. The Labute approximate surface area is 165 Å². The predicted molar refractivity (Wildman–Crippen MR) is 103 cm³/mol. The lowest BCUT2D eigenvalue weighted by atomic mass is 10.2. The quantitative estimate of drug-likeness (QED) is 0.605. The summed E-state index contributed by atoms with van der Waals surface area (Å²) in [5.41, 5.74) is 1.82. The molecule has 1 N–H and O–H groups in total. The van der Waals surface area contributed by atoms with Crippen molar-refractivity contribution in [1.82, 2.24) is 10.2 Å². The first-order valence-electron chi connectivity index (χ1n) is 8.11. The Kier molecular flexibility index (Phi) is 6.14. The van der Waals surface area contributed by atoms with Crippen LogP contribution in [0, 0.1) is 11.3 Å². The Hall–Kier alpha value is -3.51. The van der Waals surface area contributed by atoms with Crippen molar-refractivity contribution in [3.63, 3.8) is 0 Å². The second-order valence-electron chi connectivity index (χ2n) is 5.47. The van der Waals surface area contributed by atoms with E-state index in [-0.39, 0.29) is 16.9 Å². The summed E-state index contributed by atoms with van der Waals surface area (Å²) in [6, 6.07) is 13.9. The number of amides is 1. The van der Waals surface area contributed by atoms with Crippen LogP contribution >= 0.6 is 11.8 Å². The molecular weight excluding hydrogens is 380 g/mol. The van der Waals surface area contributed by atoms with Gasteiger partial charge in [0.1, 0.15) is 0 Å². The molecule has 0 fully saturated rings. The zero-order chi connectivity index (χ0) is 19.9. The number of carbonyl (C=O) groups excluding carboxylic acids is 1. The lowest BCUT2D eigenvalue weighted by molar-refractivity contribution is -0.113. The highest BCUT2D eigenvalue weighted by Gasteiger charge is 2.14. The van der Waals surface area contributed by atoms with Gasteiger partial charge >= 0.3 is 0 Å². The third-order valence-electron chi connectivity index (χ3n) is 3.66. The van der Waals surface area contributed by atoms with E-state index in [2.05, 4.69) is 15.5 Å². The number of carbonyl (C=O) groups is 1. The van der Waals surface area contributed by atoms with E-state index in [1.807, 2.05) is 6.07 Å². The average molecular weight is 396 g/mol. The molecule has 3 aromatic rings. The first kappa shape index (κ1) is 19.3. The molecule has 28 heavy (non-hydrogen) atoms. The third-order valence-corrected chi connectivity index (χ3v) is 4.48. The lowest BCUT2D eigenvalue weighted by Crippen LogP contribution is -2.13. The molecule has 0 aliphatic heterocycles. The number of ether oxygens (including phenoxy) is 2. The fraction of sp³-hybridized carbons (Fsp3) is 0.158.